The lowest BCUT2D eigenvalue weighted by molar-refractivity contribution is -0.118. The number of hydrogen-bond acceptors (Lipinski definition) is 5. The number of rotatable bonds is 5. The highest BCUT2D eigenvalue weighted by Gasteiger charge is 2.65. The summed E-state index contributed by atoms with van der Waals surface area (Å²) in [7, 11) is 1.66. The third-order valence-electron chi connectivity index (χ3n) is 9.97. The molecule has 204 valence electrons. The fourth-order valence-electron chi connectivity index (χ4n) is 7.62. The first kappa shape index (κ1) is 24.0. The molecule has 3 fully saturated rings. The van der Waals surface area contributed by atoms with Crippen molar-refractivity contribution in [2.45, 2.75) is 49.5 Å². The first-order chi connectivity index (χ1) is 19.6. The lowest BCUT2D eigenvalue weighted by Crippen LogP contribution is -2.49. The van der Waals surface area contributed by atoms with Gasteiger partial charge in [0.05, 0.1) is 23.7 Å². The molecule has 2 N–H and O–H groups in total. The number of piperazine rings is 1. The predicted octanol–water partition coefficient (Wildman–Crippen LogP) is 5.68. The van der Waals surface area contributed by atoms with Crippen molar-refractivity contribution >= 4 is 28.2 Å². The number of amides is 1. The zero-order chi connectivity index (χ0) is 26.8. The minimum absolute atomic E-state index is 0.0891. The van der Waals surface area contributed by atoms with Crippen molar-refractivity contribution in [3.05, 3.63) is 71.8 Å². The second-order valence-corrected chi connectivity index (χ2v) is 12.0. The summed E-state index contributed by atoms with van der Waals surface area (Å²) in [4.78, 5) is 18.3. The van der Waals surface area contributed by atoms with E-state index in [4.69, 9.17) is 9.84 Å². The van der Waals surface area contributed by atoms with Crippen LogP contribution in [0.4, 0.5) is 11.4 Å². The zero-order valence-electron chi connectivity index (χ0n) is 23.0. The third-order valence-corrected chi connectivity index (χ3v) is 9.97. The summed E-state index contributed by atoms with van der Waals surface area (Å²) >= 11 is 0. The van der Waals surface area contributed by atoms with Crippen LogP contribution in [0.25, 0.3) is 22.2 Å². The zero-order valence-corrected chi connectivity index (χ0v) is 23.0. The van der Waals surface area contributed by atoms with E-state index in [0.29, 0.717) is 0 Å². The van der Waals surface area contributed by atoms with E-state index >= 15 is 0 Å². The van der Waals surface area contributed by atoms with Crippen molar-refractivity contribution in [3.63, 3.8) is 0 Å². The molecule has 40 heavy (non-hydrogen) atoms. The van der Waals surface area contributed by atoms with Gasteiger partial charge in [-0.1, -0.05) is 37.1 Å². The second kappa shape index (κ2) is 9.10. The van der Waals surface area contributed by atoms with E-state index in [1.54, 1.807) is 7.11 Å². The highest BCUT2D eigenvalue weighted by molar-refractivity contribution is 6.10. The van der Waals surface area contributed by atoms with Gasteiger partial charge in [0.15, 0.2) is 0 Å². The highest BCUT2D eigenvalue weighted by Crippen LogP contribution is 2.65. The number of nitrogens with one attached hydrogen (secondary N) is 2. The molecule has 2 unspecified atom stereocenters. The Hall–Kier alpha value is -3.84. The number of hydrogen-bond donors (Lipinski definition) is 2. The van der Waals surface area contributed by atoms with Gasteiger partial charge < -0.3 is 15.0 Å². The molecular formula is C33H35N5O2. The monoisotopic (exact) mass is 533 g/mol. The van der Waals surface area contributed by atoms with E-state index in [1.807, 2.05) is 18.2 Å². The van der Waals surface area contributed by atoms with Crippen LogP contribution in [0.1, 0.15) is 49.1 Å². The van der Waals surface area contributed by atoms with Gasteiger partial charge in [0.1, 0.15) is 5.75 Å². The molecule has 4 aliphatic rings. The topological polar surface area (TPSA) is 73.5 Å². The normalized spacial score (nSPS) is 24.6. The molecule has 1 aromatic heterocycles. The van der Waals surface area contributed by atoms with E-state index in [-0.39, 0.29) is 11.8 Å². The number of benzene rings is 3. The van der Waals surface area contributed by atoms with Gasteiger partial charge in [0, 0.05) is 60.5 Å². The first-order valence-electron chi connectivity index (χ1n) is 14.7. The molecule has 1 amide bonds. The van der Waals surface area contributed by atoms with Crippen LogP contribution in [-0.2, 0) is 10.2 Å². The molecule has 2 aliphatic carbocycles. The number of carbonyl (C=O) groups is 1. The maximum Gasteiger partial charge on any atom is 0.235 e. The molecule has 3 heterocycles. The summed E-state index contributed by atoms with van der Waals surface area (Å²) in [6.07, 6.45) is 6.38. The van der Waals surface area contributed by atoms with E-state index in [9.17, 15) is 4.79 Å². The van der Waals surface area contributed by atoms with Crippen molar-refractivity contribution in [3.8, 4) is 17.0 Å². The van der Waals surface area contributed by atoms with Crippen molar-refractivity contribution < 1.29 is 9.53 Å². The average Bonchev–Trinajstić information content (AvgIpc) is 3.28. The number of nitrogens with zero attached hydrogens (tertiary/aromatic N) is 3. The van der Waals surface area contributed by atoms with Gasteiger partial charge in [-0.15, -0.1) is 0 Å². The van der Waals surface area contributed by atoms with E-state index in [1.165, 1.54) is 50.0 Å². The lowest BCUT2D eigenvalue weighted by atomic mass is 9.91. The molecule has 3 aromatic carbocycles. The molecule has 2 atom stereocenters. The molecule has 4 aromatic rings. The average molecular weight is 534 g/mol. The van der Waals surface area contributed by atoms with Crippen LogP contribution in [0.3, 0.4) is 0 Å². The Morgan fingerprint density at radius 3 is 2.52 bits per heavy atom. The minimum Gasteiger partial charge on any atom is -0.497 e. The van der Waals surface area contributed by atoms with Crippen molar-refractivity contribution in [2.24, 2.45) is 0 Å². The van der Waals surface area contributed by atoms with Gasteiger partial charge in [-0.25, -0.2) is 0 Å². The molecule has 0 radical (unpaired) electrons. The number of ether oxygens (including phenoxy) is 1. The van der Waals surface area contributed by atoms with Crippen LogP contribution >= 0.6 is 0 Å². The highest BCUT2D eigenvalue weighted by atomic mass is 16.5. The van der Waals surface area contributed by atoms with Crippen LogP contribution < -0.4 is 15.0 Å². The number of H-pyrrole nitrogens is 1. The number of methoxy groups -OCH3 is 1. The molecule has 1 saturated heterocycles. The predicted molar refractivity (Wildman–Crippen MR) is 158 cm³/mol. The quantitative estimate of drug-likeness (QED) is 0.345. The number of aromatic nitrogens is 2. The smallest absolute Gasteiger partial charge is 0.235 e. The fourth-order valence-corrected chi connectivity index (χ4v) is 7.62. The summed E-state index contributed by atoms with van der Waals surface area (Å²) < 4.78 is 5.45. The van der Waals surface area contributed by atoms with Gasteiger partial charge in [0.2, 0.25) is 5.91 Å². The van der Waals surface area contributed by atoms with Crippen LogP contribution in [-0.4, -0.2) is 60.3 Å². The molecule has 8 rings (SSSR count). The van der Waals surface area contributed by atoms with Gasteiger partial charge in [0.25, 0.3) is 0 Å². The summed E-state index contributed by atoms with van der Waals surface area (Å²) in [5, 5.41) is 12.2. The summed E-state index contributed by atoms with van der Waals surface area (Å²) in [6, 6.07) is 22.1. The number of fused-ring (bicyclic) bond motifs is 3. The second-order valence-electron chi connectivity index (χ2n) is 12.0. The van der Waals surface area contributed by atoms with Crippen LogP contribution in [0.2, 0.25) is 0 Å². The third kappa shape index (κ3) is 3.67. The van der Waals surface area contributed by atoms with Crippen molar-refractivity contribution in [2.75, 3.05) is 43.5 Å². The summed E-state index contributed by atoms with van der Waals surface area (Å²) in [6.45, 7) is 4.54. The Labute approximate surface area is 234 Å². The Kier molecular flexibility index (Phi) is 5.46. The van der Waals surface area contributed by atoms with Crippen molar-refractivity contribution in [1.82, 2.24) is 15.1 Å². The SMILES string of the molecule is COc1ccc2c(c1)C1(CC1c1ccc3c(-c4ccc(N5CCN(C6CCCC6)CC5)cc4)n[nH]c3c1)C(=O)N2. The van der Waals surface area contributed by atoms with Gasteiger partial charge in [-0.05, 0) is 66.8 Å². The number of carbonyl (C=O) groups excluding carboxylic acids is 1. The van der Waals surface area contributed by atoms with E-state index in [2.05, 4.69) is 62.7 Å². The Morgan fingerprint density at radius 1 is 0.950 bits per heavy atom. The van der Waals surface area contributed by atoms with Crippen LogP contribution in [0.15, 0.2) is 60.7 Å². The molecule has 2 saturated carbocycles. The summed E-state index contributed by atoms with van der Waals surface area (Å²) in [5.74, 6) is 1.02. The van der Waals surface area contributed by atoms with Gasteiger partial charge in [-0.3, -0.25) is 14.8 Å². The lowest BCUT2D eigenvalue weighted by Gasteiger charge is -2.39. The first-order valence-corrected chi connectivity index (χ1v) is 14.7. The molecule has 7 heteroatoms. The van der Waals surface area contributed by atoms with E-state index < -0.39 is 5.41 Å². The Bertz CT molecular complexity index is 1600. The molecular weight excluding hydrogens is 498 g/mol. The fraction of sp³-hybridized carbons (Fsp3) is 0.394. The Balaban J connectivity index is 1.00. The Morgan fingerprint density at radius 2 is 1.75 bits per heavy atom. The maximum atomic E-state index is 13.1. The molecule has 2 aliphatic heterocycles. The maximum absolute atomic E-state index is 13.1. The standard InChI is InChI=1S/C33H35N5O2/c1-40-25-11-13-29-27(19-25)33(32(39)34-29)20-28(33)22-8-12-26-30(18-22)35-36-31(26)21-6-9-24(10-7-21)38-16-14-37(15-17-38)23-4-2-3-5-23/h6-13,18-19,23,28H,2-5,14-17,20H2,1H3,(H,34,39)(H,35,36). The van der Waals surface area contributed by atoms with Gasteiger partial charge >= 0.3 is 0 Å². The van der Waals surface area contributed by atoms with E-state index in [0.717, 1.165) is 64.7 Å². The minimum atomic E-state index is -0.501. The molecule has 0 bridgehead atoms. The van der Waals surface area contributed by atoms with Crippen molar-refractivity contribution in [1.29, 1.82) is 0 Å². The number of aromatic amines is 1. The molecule has 7 nitrogen and oxygen atoms in total. The molecule has 1 spiro atoms. The van der Waals surface area contributed by atoms with Crippen LogP contribution in [0, 0.1) is 0 Å². The largest absolute Gasteiger partial charge is 0.497 e. The van der Waals surface area contributed by atoms with Gasteiger partial charge in [-0.2, -0.15) is 5.10 Å². The number of anilines is 2. The summed E-state index contributed by atoms with van der Waals surface area (Å²) in [5.41, 5.74) is 7.00. The van der Waals surface area contributed by atoms with Crippen LogP contribution in [0.5, 0.6) is 5.75 Å².